The first kappa shape index (κ1) is 17.4. The standard InChI is InChI=1S/C18H20FN3O2S/c1-13-11-14(19)4-5-15(13)20-12-17(23)21-6-8-22(9-7-21)18(24)16-3-2-10-25-16/h2-5,10-11,20H,6-9,12H2,1H3. The van der Waals surface area contributed by atoms with Gasteiger partial charge in [-0.05, 0) is 42.1 Å². The predicted molar refractivity (Wildman–Crippen MR) is 96.4 cm³/mol. The van der Waals surface area contributed by atoms with Gasteiger partial charge in [0, 0.05) is 31.9 Å². The number of aryl methyl sites for hydroxylation is 1. The molecular formula is C18H20FN3O2S. The highest BCUT2D eigenvalue weighted by Gasteiger charge is 2.25. The monoisotopic (exact) mass is 361 g/mol. The second-order valence-electron chi connectivity index (χ2n) is 5.96. The fraction of sp³-hybridized carbons (Fsp3) is 0.333. The minimum atomic E-state index is -0.291. The first-order valence-corrected chi connectivity index (χ1v) is 9.03. The van der Waals surface area contributed by atoms with Crippen molar-refractivity contribution in [2.45, 2.75) is 6.92 Å². The maximum Gasteiger partial charge on any atom is 0.264 e. The quantitative estimate of drug-likeness (QED) is 0.911. The number of carbonyl (C=O) groups excluding carboxylic acids is 2. The molecule has 0 radical (unpaired) electrons. The molecule has 1 fully saturated rings. The summed E-state index contributed by atoms with van der Waals surface area (Å²) in [7, 11) is 0. The number of rotatable bonds is 4. The van der Waals surface area contributed by atoms with Crippen molar-refractivity contribution in [1.29, 1.82) is 0 Å². The number of piperazine rings is 1. The second-order valence-corrected chi connectivity index (χ2v) is 6.91. The Morgan fingerprint density at radius 3 is 2.52 bits per heavy atom. The highest BCUT2D eigenvalue weighted by atomic mass is 32.1. The Bertz CT molecular complexity index is 756. The van der Waals surface area contributed by atoms with Crippen molar-refractivity contribution in [2.24, 2.45) is 0 Å². The van der Waals surface area contributed by atoms with E-state index in [1.54, 1.807) is 22.8 Å². The van der Waals surface area contributed by atoms with E-state index in [-0.39, 0.29) is 24.2 Å². The molecule has 0 bridgehead atoms. The van der Waals surface area contributed by atoms with E-state index in [1.807, 2.05) is 17.5 Å². The molecule has 1 N–H and O–H groups in total. The first-order chi connectivity index (χ1) is 12.0. The number of benzene rings is 1. The summed E-state index contributed by atoms with van der Waals surface area (Å²) in [5.74, 6) is -0.282. The van der Waals surface area contributed by atoms with E-state index >= 15 is 0 Å². The average molecular weight is 361 g/mol. The molecule has 7 heteroatoms. The largest absolute Gasteiger partial charge is 0.376 e. The Kier molecular flexibility index (Phi) is 5.33. The molecule has 0 spiro atoms. The van der Waals surface area contributed by atoms with Gasteiger partial charge >= 0.3 is 0 Å². The molecule has 2 aromatic rings. The number of hydrogen-bond donors (Lipinski definition) is 1. The van der Waals surface area contributed by atoms with Gasteiger partial charge in [-0.2, -0.15) is 0 Å². The summed E-state index contributed by atoms with van der Waals surface area (Å²) >= 11 is 1.43. The number of halogens is 1. The zero-order valence-electron chi connectivity index (χ0n) is 14.0. The van der Waals surface area contributed by atoms with Gasteiger partial charge in [-0.3, -0.25) is 9.59 Å². The molecule has 1 saturated heterocycles. The van der Waals surface area contributed by atoms with Gasteiger partial charge in [0.15, 0.2) is 0 Å². The number of thiophene rings is 1. The summed E-state index contributed by atoms with van der Waals surface area (Å²) in [6, 6.07) is 8.12. The van der Waals surface area contributed by atoms with Crippen LogP contribution in [0.25, 0.3) is 0 Å². The minimum absolute atomic E-state index is 0.0213. The van der Waals surface area contributed by atoms with E-state index in [0.29, 0.717) is 26.2 Å². The van der Waals surface area contributed by atoms with Gasteiger partial charge in [-0.1, -0.05) is 6.07 Å². The van der Waals surface area contributed by atoms with Crippen molar-refractivity contribution in [1.82, 2.24) is 9.80 Å². The third-order valence-corrected chi connectivity index (χ3v) is 5.13. The Hall–Kier alpha value is -2.41. The third kappa shape index (κ3) is 4.17. The zero-order chi connectivity index (χ0) is 17.8. The average Bonchev–Trinajstić information content (AvgIpc) is 3.15. The SMILES string of the molecule is Cc1cc(F)ccc1NCC(=O)N1CCN(C(=O)c2cccs2)CC1. The number of amides is 2. The number of anilines is 1. The van der Waals surface area contributed by atoms with E-state index in [9.17, 15) is 14.0 Å². The number of nitrogens with one attached hydrogen (secondary N) is 1. The van der Waals surface area contributed by atoms with Crippen LogP contribution in [0.5, 0.6) is 0 Å². The third-order valence-electron chi connectivity index (χ3n) is 4.27. The molecule has 1 aliphatic heterocycles. The van der Waals surface area contributed by atoms with Gasteiger partial charge in [-0.15, -0.1) is 11.3 Å². The van der Waals surface area contributed by atoms with Crippen LogP contribution >= 0.6 is 11.3 Å². The van der Waals surface area contributed by atoms with Crippen molar-refractivity contribution in [3.63, 3.8) is 0 Å². The fourth-order valence-corrected chi connectivity index (χ4v) is 3.51. The highest BCUT2D eigenvalue weighted by Crippen LogP contribution is 2.16. The van der Waals surface area contributed by atoms with Crippen LogP contribution in [0, 0.1) is 12.7 Å². The molecule has 25 heavy (non-hydrogen) atoms. The zero-order valence-corrected chi connectivity index (χ0v) is 14.8. The topological polar surface area (TPSA) is 52.7 Å². The van der Waals surface area contributed by atoms with Gasteiger partial charge in [-0.25, -0.2) is 4.39 Å². The minimum Gasteiger partial charge on any atom is -0.376 e. The van der Waals surface area contributed by atoms with Crippen LogP contribution in [-0.4, -0.2) is 54.3 Å². The van der Waals surface area contributed by atoms with Crippen LogP contribution < -0.4 is 5.32 Å². The second kappa shape index (κ2) is 7.65. The van der Waals surface area contributed by atoms with Crippen LogP contribution in [0.3, 0.4) is 0 Å². The smallest absolute Gasteiger partial charge is 0.264 e. The summed E-state index contributed by atoms with van der Waals surface area (Å²) in [5, 5.41) is 4.94. The van der Waals surface area contributed by atoms with Gasteiger partial charge in [0.1, 0.15) is 5.82 Å². The van der Waals surface area contributed by atoms with Gasteiger partial charge in [0.2, 0.25) is 5.91 Å². The molecule has 0 aliphatic carbocycles. The van der Waals surface area contributed by atoms with Gasteiger partial charge in [0.25, 0.3) is 5.91 Å². The van der Waals surface area contributed by atoms with Crippen LogP contribution in [0.2, 0.25) is 0 Å². The molecule has 2 heterocycles. The molecular weight excluding hydrogens is 341 g/mol. The van der Waals surface area contributed by atoms with E-state index in [4.69, 9.17) is 0 Å². The fourth-order valence-electron chi connectivity index (χ4n) is 2.82. The van der Waals surface area contributed by atoms with Crippen molar-refractivity contribution < 1.29 is 14.0 Å². The molecule has 1 aliphatic rings. The van der Waals surface area contributed by atoms with E-state index < -0.39 is 0 Å². The molecule has 0 unspecified atom stereocenters. The Balaban J connectivity index is 1.49. The molecule has 2 amide bonds. The number of nitrogens with zero attached hydrogens (tertiary/aromatic N) is 2. The first-order valence-electron chi connectivity index (χ1n) is 8.15. The van der Waals surface area contributed by atoms with Crippen LogP contribution in [0.1, 0.15) is 15.2 Å². The van der Waals surface area contributed by atoms with Crippen LogP contribution in [0.4, 0.5) is 10.1 Å². The van der Waals surface area contributed by atoms with Crippen molar-refractivity contribution >= 4 is 28.8 Å². The lowest BCUT2D eigenvalue weighted by Crippen LogP contribution is -2.51. The molecule has 132 valence electrons. The summed E-state index contributed by atoms with van der Waals surface area (Å²) in [6.45, 7) is 4.09. The molecule has 0 saturated carbocycles. The number of hydrogen-bond acceptors (Lipinski definition) is 4. The van der Waals surface area contributed by atoms with Crippen molar-refractivity contribution in [2.75, 3.05) is 38.0 Å². The summed E-state index contributed by atoms with van der Waals surface area (Å²) in [6.07, 6.45) is 0. The summed E-state index contributed by atoms with van der Waals surface area (Å²) in [4.78, 5) is 28.9. The van der Waals surface area contributed by atoms with E-state index in [2.05, 4.69) is 5.32 Å². The normalized spacial score (nSPS) is 14.5. The van der Waals surface area contributed by atoms with Crippen molar-refractivity contribution in [3.8, 4) is 0 Å². The Morgan fingerprint density at radius 2 is 1.88 bits per heavy atom. The van der Waals surface area contributed by atoms with Crippen LogP contribution in [-0.2, 0) is 4.79 Å². The maximum absolute atomic E-state index is 13.1. The maximum atomic E-state index is 13.1. The van der Waals surface area contributed by atoms with Crippen molar-refractivity contribution in [3.05, 3.63) is 52.0 Å². The van der Waals surface area contributed by atoms with Gasteiger partial charge < -0.3 is 15.1 Å². The lowest BCUT2D eigenvalue weighted by atomic mass is 10.2. The molecule has 0 atom stereocenters. The van der Waals surface area contributed by atoms with Crippen LogP contribution in [0.15, 0.2) is 35.7 Å². The predicted octanol–water partition coefficient (Wildman–Crippen LogP) is 2.59. The lowest BCUT2D eigenvalue weighted by molar-refractivity contribution is -0.130. The van der Waals surface area contributed by atoms with E-state index in [1.165, 1.54) is 23.5 Å². The summed E-state index contributed by atoms with van der Waals surface area (Å²) in [5.41, 5.74) is 1.51. The molecule has 3 rings (SSSR count). The summed E-state index contributed by atoms with van der Waals surface area (Å²) < 4.78 is 13.1. The Morgan fingerprint density at radius 1 is 1.16 bits per heavy atom. The Labute approximate surface area is 150 Å². The molecule has 1 aromatic carbocycles. The molecule has 5 nitrogen and oxygen atoms in total. The highest BCUT2D eigenvalue weighted by molar-refractivity contribution is 7.12. The van der Waals surface area contributed by atoms with Gasteiger partial charge in [0.05, 0.1) is 11.4 Å². The lowest BCUT2D eigenvalue weighted by Gasteiger charge is -2.34. The molecule has 1 aromatic heterocycles. The number of carbonyl (C=O) groups is 2. The van der Waals surface area contributed by atoms with E-state index in [0.717, 1.165) is 16.1 Å².